The zero-order chi connectivity index (χ0) is 19.8. The van der Waals surface area contributed by atoms with Gasteiger partial charge in [-0.25, -0.2) is 9.18 Å². The first-order valence-corrected chi connectivity index (χ1v) is 10.1. The third kappa shape index (κ3) is 6.25. The number of rotatable bonds is 8. The normalized spacial score (nSPS) is 10.4. The number of thioether (sulfide) groups is 1. The quantitative estimate of drug-likeness (QED) is 0.477. The molecule has 27 heavy (non-hydrogen) atoms. The predicted molar refractivity (Wildman–Crippen MR) is 106 cm³/mol. The number of amides is 1. The Balaban J connectivity index is 2.12. The summed E-state index contributed by atoms with van der Waals surface area (Å²) in [6, 6.07) is 9.69. The number of hydrogen-bond acceptors (Lipinski definition) is 5. The van der Waals surface area contributed by atoms with Gasteiger partial charge in [0, 0.05) is 21.5 Å². The Morgan fingerprint density at radius 3 is 2.67 bits per heavy atom. The molecule has 0 heterocycles. The van der Waals surface area contributed by atoms with Gasteiger partial charge in [0.1, 0.15) is 11.6 Å². The van der Waals surface area contributed by atoms with E-state index in [1.807, 2.05) is 6.26 Å². The first-order chi connectivity index (χ1) is 12.9. The first kappa shape index (κ1) is 21.2. The molecule has 1 amide bonds. The van der Waals surface area contributed by atoms with Gasteiger partial charge in [0.05, 0.1) is 12.2 Å². The Morgan fingerprint density at radius 1 is 1.22 bits per heavy atom. The highest BCUT2D eigenvalue weighted by Crippen LogP contribution is 2.26. The van der Waals surface area contributed by atoms with Gasteiger partial charge in [-0.2, -0.15) is 0 Å². The summed E-state index contributed by atoms with van der Waals surface area (Å²) in [6.07, 6.45) is 1.89. The predicted octanol–water partition coefficient (Wildman–Crippen LogP) is 4.18. The Bertz CT molecular complexity index is 831. The van der Waals surface area contributed by atoms with E-state index in [4.69, 9.17) is 9.47 Å². The number of nitrogens with one attached hydrogen (secondary N) is 1. The van der Waals surface area contributed by atoms with E-state index in [0.717, 1.165) is 4.90 Å². The van der Waals surface area contributed by atoms with Crippen LogP contribution in [0.3, 0.4) is 0 Å². The molecule has 2 aromatic carbocycles. The van der Waals surface area contributed by atoms with Gasteiger partial charge in [0.25, 0.3) is 5.91 Å². The standard InChI is InChI=1S/C19H19BrFNO4S/c1-3-25-18(23)11-26-17-9-14(27-2)6-7-15(17)19(24)22-10-12-4-5-13(20)8-16(12)21/h4-9H,3,10-11H2,1-2H3,(H,22,24). The van der Waals surface area contributed by atoms with Crippen LogP contribution < -0.4 is 10.1 Å². The van der Waals surface area contributed by atoms with Crippen LogP contribution in [0.2, 0.25) is 0 Å². The van der Waals surface area contributed by atoms with Gasteiger partial charge in [0.15, 0.2) is 6.61 Å². The van der Waals surface area contributed by atoms with Crippen LogP contribution in [0.15, 0.2) is 45.8 Å². The molecule has 0 saturated carbocycles. The molecular formula is C19H19BrFNO4S. The number of ether oxygens (including phenoxy) is 2. The van der Waals surface area contributed by atoms with E-state index in [1.54, 1.807) is 37.3 Å². The smallest absolute Gasteiger partial charge is 0.344 e. The molecule has 0 aliphatic rings. The maximum absolute atomic E-state index is 13.9. The van der Waals surface area contributed by atoms with Crippen molar-refractivity contribution in [1.82, 2.24) is 5.32 Å². The maximum atomic E-state index is 13.9. The van der Waals surface area contributed by atoms with Gasteiger partial charge in [-0.15, -0.1) is 11.8 Å². The summed E-state index contributed by atoms with van der Waals surface area (Å²) < 4.78 is 24.8. The molecule has 144 valence electrons. The molecule has 2 aromatic rings. The molecule has 0 spiro atoms. The molecule has 0 aliphatic carbocycles. The van der Waals surface area contributed by atoms with E-state index < -0.39 is 17.7 Å². The van der Waals surface area contributed by atoms with Crippen molar-refractivity contribution in [3.63, 3.8) is 0 Å². The van der Waals surface area contributed by atoms with Crippen LogP contribution >= 0.6 is 27.7 Å². The van der Waals surface area contributed by atoms with Crippen LogP contribution in [-0.4, -0.2) is 31.3 Å². The third-order valence-corrected chi connectivity index (χ3v) is 4.76. The fraction of sp³-hybridized carbons (Fsp3) is 0.263. The van der Waals surface area contributed by atoms with E-state index in [9.17, 15) is 14.0 Å². The average Bonchev–Trinajstić information content (AvgIpc) is 2.65. The SMILES string of the molecule is CCOC(=O)COc1cc(SC)ccc1C(=O)NCc1ccc(Br)cc1F. The zero-order valence-electron chi connectivity index (χ0n) is 14.9. The summed E-state index contributed by atoms with van der Waals surface area (Å²) in [4.78, 5) is 24.9. The summed E-state index contributed by atoms with van der Waals surface area (Å²) in [6.45, 7) is 1.68. The number of carbonyl (C=O) groups is 2. The van der Waals surface area contributed by atoms with Crippen LogP contribution in [0, 0.1) is 5.82 Å². The largest absolute Gasteiger partial charge is 0.481 e. The van der Waals surface area contributed by atoms with Crippen molar-refractivity contribution in [3.8, 4) is 5.75 Å². The minimum Gasteiger partial charge on any atom is -0.481 e. The van der Waals surface area contributed by atoms with Gasteiger partial charge < -0.3 is 14.8 Å². The molecule has 0 unspecified atom stereocenters. The fourth-order valence-electron chi connectivity index (χ4n) is 2.21. The number of esters is 1. The monoisotopic (exact) mass is 455 g/mol. The minimum atomic E-state index is -0.518. The first-order valence-electron chi connectivity index (χ1n) is 8.13. The highest BCUT2D eigenvalue weighted by molar-refractivity contribution is 9.10. The fourth-order valence-corrected chi connectivity index (χ4v) is 2.97. The van der Waals surface area contributed by atoms with Crippen molar-refractivity contribution in [2.75, 3.05) is 19.5 Å². The number of carbonyl (C=O) groups excluding carboxylic acids is 2. The molecule has 0 fully saturated rings. The van der Waals surface area contributed by atoms with Gasteiger partial charge in [0.2, 0.25) is 0 Å². The lowest BCUT2D eigenvalue weighted by Crippen LogP contribution is -2.24. The molecule has 8 heteroatoms. The van der Waals surface area contributed by atoms with E-state index in [2.05, 4.69) is 21.2 Å². The zero-order valence-corrected chi connectivity index (χ0v) is 17.3. The number of hydrogen-bond donors (Lipinski definition) is 1. The van der Waals surface area contributed by atoms with Crippen LogP contribution in [0.4, 0.5) is 4.39 Å². The van der Waals surface area contributed by atoms with Crippen LogP contribution in [0.1, 0.15) is 22.8 Å². The van der Waals surface area contributed by atoms with Crippen molar-refractivity contribution in [1.29, 1.82) is 0 Å². The Morgan fingerprint density at radius 2 is 2.00 bits per heavy atom. The second-order valence-corrected chi connectivity index (χ2v) is 7.17. The molecular weight excluding hydrogens is 437 g/mol. The summed E-state index contributed by atoms with van der Waals surface area (Å²) in [7, 11) is 0. The minimum absolute atomic E-state index is 0.0273. The average molecular weight is 456 g/mol. The molecule has 2 rings (SSSR count). The van der Waals surface area contributed by atoms with Crippen LogP contribution in [0.5, 0.6) is 5.75 Å². The van der Waals surface area contributed by atoms with Gasteiger partial charge in [-0.05, 0) is 43.5 Å². The molecule has 5 nitrogen and oxygen atoms in total. The van der Waals surface area contributed by atoms with Crippen molar-refractivity contribution >= 4 is 39.6 Å². The van der Waals surface area contributed by atoms with Gasteiger partial charge >= 0.3 is 5.97 Å². The van der Waals surface area contributed by atoms with Crippen molar-refractivity contribution in [3.05, 3.63) is 57.8 Å². The topological polar surface area (TPSA) is 64.6 Å². The highest BCUT2D eigenvalue weighted by atomic mass is 79.9. The molecule has 0 aromatic heterocycles. The highest BCUT2D eigenvalue weighted by Gasteiger charge is 2.16. The lowest BCUT2D eigenvalue weighted by Gasteiger charge is -2.13. The second kappa shape index (κ2) is 10.3. The number of benzene rings is 2. The molecule has 0 radical (unpaired) electrons. The van der Waals surface area contributed by atoms with E-state index in [1.165, 1.54) is 17.8 Å². The molecule has 0 saturated heterocycles. The van der Waals surface area contributed by atoms with E-state index >= 15 is 0 Å². The lowest BCUT2D eigenvalue weighted by molar-refractivity contribution is -0.145. The van der Waals surface area contributed by atoms with Crippen molar-refractivity contribution in [2.24, 2.45) is 0 Å². The van der Waals surface area contributed by atoms with Gasteiger partial charge in [-0.3, -0.25) is 4.79 Å². The Hall–Kier alpha value is -2.06. The van der Waals surface area contributed by atoms with Crippen LogP contribution in [-0.2, 0) is 16.1 Å². The molecule has 0 aliphatic heterocycles. The summed E-state index contributed by atoms with van der Waals surface area (Å²) in [5.41, 5.74) is 0.621. The summed E-state index contributed by atoms with van der Waals surface area (Å²) in [5.74, 6) is -1.09. The van der Waals surface area contributed by atoms with E-state index in [-0.39, 0.29) is 31.1 Å². The Labute approximate surface area is 169 Å². The van der Waals surface area contributed by atoms with E-state index in [0.29, 0.717) is 10.0 Å². The lowest BCUT2D eigenvalue weighted by atomic mass is 10.1. The van der Waals surface area contributed by atoms with Crippen LogP contribution in [0.25, 0.3) is 0 Å². The second-order valence-electron chi connectivity index (χ2n) is 5.37. The molecule has 1 N–H and O–H groups in total. The summed E-state index contributed by atoms with van der Waals surface area (Å²) >= 11 is 4.67. The van der Waals surface area contributed by atoms with Crippen molar-refractivity contribution < 1.29 is 23.5 Å². The summed E-state index contributed by atoms with van der Waals surface area (Å²) in [5, 5.41) is 2.67. The number of halogens is 2. The third-order valence-electron chi connectivity index (χ3n) is 3.54. The van der Waals surface area contributed by atoms with Gasteiger partial charge in [-0.1, -0.05) is 22.0 Å². The van der Waals surface area contributed by atoms with Crippen molar-refractivity contribution in [2.45, 2.75) is 18.4 Å². The maximum Gasteiger partial charge on any atom is 0.344 e. The Kier molecular flexibility index (Phi) is 8.12. The molecule has 0 atom stereocenters. The molecule has 0 bridgehead atoms.